The van der Waals surface area contributed by atoms with Gasteiger partial charge in [0, 0.05) is 39.4 Å². The van der Waals surface area contributed by atoms with Gasteiger partial charge in [0.05, 0.1) is 12.8 Å². The van der Waals surface area contributed by atoms with Gasteiger partial charge in [-0.15, -0.1) is 24.0 Å². The van der Waals surface area contributed by atoms with Gasteiger partial charge in [-0.25, -0.2) is 0 Å². The molecule has 0 aliphatic heterocycles. The Balaban J connectivity index is 0.00000364. The summed E-state index contributed by atoms with van der Waals surface area (Å²) >= 11 is 0. The van der Waals surface area contributed by atoms with Crippen molar-refractivity contribution in [2.75, 3.05) is 27.7 Å². The van der Waals surface area contributed by atoms with Crippen LogP contribution < -0.4 is 10.1 Å². The van der Waals surface area contributed by atoms with Gasteiger partial charge in [-0.05, 0) is 43.5 Å². The molecule has 2 aromatic rings. The molecule has 0 saturated carbocycles. The first-order chi connectivity index (χ1) is 12.4. The van der Waals surface area contributed by atoms with Gasteiger partial charge in [0.2, 0.25) is 0 Å². The molecule has 0 aliphatic rings. The van der Waals surface area contributed by atoms with Gasteiger partial charge < -0.3 is 15.0 Å². The third-order valence-electron chi connectivity index (χ3n) is 4.35. The maximum absolute atomic E-state index is 5.21. The van der Waals surface area contributed by atoms with Crippen molar-refractivity contribution in [2.45, 2.75) is 33.9 Å². The Bertz CT molecular complexity index is 726. The summed E-state index contributed by atoms with van der Waals surface area (Å²) in [6.45, 7) is 8.88. The van der Waals surface area contributed by atoms with Crippen LogP contribution in [0, 0.1) is 19.8 Å². The molecule has 2 rings (SSSR count). The fraction of sp³-hybridized carbons (Fsp3) is 0.500. The van der Waals surface area contributed by atoms with Gasteiger partial charge in [0.1, 0.15) is 5.75 Å². The van der Waals surface area contributed by atoms with Crippen LogP contribution in [0.5, 0.6) is 5.75 Å². The number of aliphatic imine (C=N–C) groups is 1. The number of benzene rings is 1. The molecule has 1 N–H and O–H groups in total. The molecule has 0 saturated heterocycles. The molecule has 0 bridgehead atoms. The zero-order valence-corrected chi connectivity index (χ0v) is 19.5. The molecule has 0 fully saturated rings. The summed E-state index contributed by atoms with van der Waals surface area (Å²) in [6.07, 6.45) is 0. The van der Waals surface area contributed by atoms with E-state index in [0.717, 1.165) is 37.0 Å². The Morgan fingerprint density at radius 1 is 1.30 bits per heavy atom. The maximum Gasteiger partial charge on any atom is 0.193 e. The monoisotopic (exact) mass is 485 g/mol. The maximum atomic E-state index is 5.21. The number of hydrogen-bond donors (Lipinski definition) is 1. The van der Waals surface area contributed by atoms with Crippen LogP contribution in [0.25, 0.3) is 0 Å². The molecule has 1 heterocycles. The van der Waals surface area contributed by atoms with E-state index in [-0.39, 0.29) is 24.0 Å². The first-order valence-corrected chi connectivity index (χ1v) is 8.98. The van der Waals surface area contributed by atoms with Gasteiger partial charge in [-0.2, -0.15) is 5.10 Å². The molecule has 7 heteroatoms. The van der Waals surface area contributed by atoms with Crippen LogP contribution in [-0.4, -0.2) is 48.4 Å². The number of nitrogens with zero attached hydrogens (tertiary/aromatic N) is 4. The van der Waals surface area contributed by atoms with E-state index in [0.29, 0.717) is 5.92 Å². The number of nitrogens with one attached hydrogen (secondary N) is 1. The van der Waals surface area contributed by atoms with Crippen LogP contribution in [-0.2, 0) is 13.1 Å². The van der Waals surface area contributed by atoms with Crippen molar-refractivity contribution in [3.05, 3.63) is 47.3 Å². The molecule has 150 valence electrons. The van der Waals surface area contributed by atoms with E-state index < -0.39 is 0 Å². The van der Waals surface area contributed by atoms with Gasteiger partial charge in [0.25, 0.3) is 0 Å². The van der Waals surface area contributed by atoms with Crippen molar-refractivity contribution >= 4 is 29.9 Å². The highest BCUT2D eigenvalue weighted by molar-refractivity contribution is 14.0. The second-order valence-electron chi connectivity index (χ2n) is 6.85. The van der Waals surface area contributed by atoms with Gasteiger partial charge in [-0.1, -0.05) is 19.1 Å². The molecule has 6 nitrogen and oxygen atoms in total. The standard InChI is InChI=1S/C20H31N5O.HI/c1-15(13-25-17(3)11-16(2)23-25)12-22-20(21-4)24(5)14-18-7-9-19(26-6)10-8-18;/h7-11,15H,12-14H2,1-6H3,(H,21,22);1H. The summed E-state index contributed by atoms with van der Waals surface area (Å²) in [6, 6.07) is 10.2. The van der Waals surface area contributed by atoms with Crippen LogP contribution in [0.3, 0.4) is 0 Å². The highest BCUT2D eigenvalue weighted by Gasteiger charge is 2.11. The van der Waals surface area contributed by atoms with E-state index in [1.54, 1.807) is 7.11 Å². The van der Waals surface area contributed by atoms with Crippen molar-refractivity contribution in [3.63, 3.8) is 0 Å². The van der Waals surface area contributed by atoms with Crippen molar-refractivity contribution < 1.29 is 4.74 Å². The Labute approximate surface area is 180 Å². The van der Waals surface area contributed by atoms with Crippen molar-refractivity contribution in [1.29, 1.82) is 0 Å². The number of rotatable bonds is 7. The average molecular weight is 485 g/mol. The van der Waals surface area contributed by atoms with E-state index >= 15 is 0 Å². The molecule has 1 aromatic heterocycles. The Kier molecular flexibility index (Phi) is 9.62. The Morgan fingerprint density at radius 2 is 1.96 bits per heavy atom. The van der Waals surface area contributed by atoms with Crippen molar-refractivity contribution in [2.24, 2.45) is 10.9 Å². The zero-order valence-electron chi connectivity index (χ0n) is 17.2. The third-order valence-corrected chi connectivity index (χ3v) is 4.35. The zero-order chi connectivity index (χ0) is 19.1. The molecular weight excluding hydrogens is 453 g/mol. The molecule has 27 heavy (non-hydrogen) atoms. The first-order valence-electron chi connectivity index (χ1n) is 8.98. The number of halogens is 1. The van der Waals surface area contributed by atoms with Gasteiger partial charge in [0.15, 0.2) is 5.96 Å². The second-order valence-corrected chi connectivity index (χ2v) is 6.85. The number of aryl methyl sites for hydroxylation is 2. The highest BCUT2D eigenvalue weighted by Crippen LogP contribution is 2.12. The second kappa shape index (κ2) is 11.2. The predicted octanol–water partition coefficient (Wildman–Crippen LogP) is 3.47. The Morgan fingerprint density at radius 3 is 2.48 bits per heavy atom. The van der Waals surface area contributed by atoms with E-state index in [2.05, 4.69) is 57.0 Å². The number of methoxy groups -OCH3 is 1. The van der Waals surface area contributed by atoms with Gasteiger partial charge >= 0.3 is 0 Å². The minimum absolute atomic E-state index is 0. The molecule has 0 amide bonds. The summed E-state index contributed by atoms with van der Waals surface area (Å²) < 4.78 is 7.28. The van der Waals surface area contributed by atoms with E-state index in [1.807, 2.05) is 33.2 Å². The molecule has 1 atom stereocenters. The molecular formula is C20H32IN5O. The predicted molar refractivity (Wildman–Crippen MR) is 122 cm³/mol. The average Bonchev–Trinajstić information content (AvgIpc) is 2.93. The minimum atomic E-state index is 0. The SMILES string of the molecule is CN=C(NCC(C)Cn1nc(C)cc1C)N(C)Cc1ccc(OC)cc1.I. The number of ether oxygens (including phenoxy) is 1. The van der Waals surface area contributed by atoms with Crippen molar-refractivity contribution in [3.8, 4) is 5.75 Å². The fourth-order valence-electron chi connectivity index (χ4n) is 2.95. The third kappa shape index (κ3) is 7.04. The van der Waals surface area contributed by atoms with Crippen LogP contribution in [0.2, 0.25) is 0 Å². The largest absolute Gasteiger partial charge is 0.497 e. The van der Waals surface area contributed by atoms with Crippen LogP contribution in [0.4, 0.5) is 0 Å². The Hall–Kier alpha value is -1.77. The molecule has 0 spiro atoms. The summed E-state index contributed by atoms with van der Waals surface area (Å²) in [4.78, 5) is 6.53. The first kappa shape index (κ1) is 23.3. The summed E-state index contributed by atoms with van der Waals surface area (Å²) in [7, 11) is 5.55. The molecule has 0 aliphatic carbocycles. The number of hydrogen-bond acceptors (Lipinski definition) is 3. The topological polar surface area (TPSA) is 54.7 Å². The van der Waals surface area contributed by atoms with E-state index in [4.69, 9.17) is 4.74 Å². The van der Waals surface area contributed by atoms with Crippen LogP contribution in [0.1, 0.15) is 23.9 Å². The quantitative estimate of drug-likeness (QED) is 0.371. The normalized spacial score (nSPS) is 12.3. The van der Waals surface area contributed by atoms with E-state index in [1.165, 1.54) is 11.3 Å². The molecule has 0 radical (unpaired) electrons. The smallest absolute Gasteiger partial charge is 0.193 e. The lowest BCUT2D eigenvalue weighted by molar-refractivity contribution is 0.412. The number of aromatic nitrogens is 2. The lowest BCUT2D eigenvalue weighted by Crippen LogP contribution is -2.40. The number of guanidine groups is 1. The lowest BCUT2D eigenvalue weighted by atomic mass is 10.2. The van der Waals surface area contributed by atoms with Crippen LogP contribution in [0.15, 0.2) is 35.3 Å². The van der Waals surface area contributed by atoms with Crippen molar-refractivity contribution in [1.82, 2.24) is 20.0 Å². The molecule has 1 aromatic carbocycles. The van der Waals surface area contributed by atoms with Crippen LogP contribution >= 0.6 is 24.0 Å². The summed E-state index contributed by atoms with van der Waals surface area (Å²) in [5.41, 5.74) is 3.49. The minimum Gasteiger partial charge on any atom is -0.497 e. The summed E-state index contributed by atoms with van der Waals surface area (Å²) in [5.74, 6) is 2.21. The fourth-order valence-corrected chi connectivity index (χ4v) is 2.95. The van der Waals surface area contributed by atoms with Gasteiger partial charge in [-0.3, -0.25) is 9.67 Å². The van der Waals surface area contributed by atoms with E-state index in [9.17, 15) is 0 Å². The highest BCUT2D eigenvalue weighted by atomic mass is 127. The summed E-state index contributed by atoms with van der Waals surface area (Å²) in [5, 5.41) is 8.01. The molecule has 1 unspecified atom stereocenters. The lowest BCUT2D eigenvalue weighted by Gasteiger charge is -2.24.